The van der Waals surface area contributed by atoms with Crippen molar-refractivity contribution in [1.29, 1.82) is 0 Å². The van der Waals surface area contributed by atoms with E-state index >= 15 is 0 Å². The summed E-state index contributed by atoms with van der Waals surface area (Å²) in [6.07, 6.45) is 3.97. The highest BCUT2D eigenvalue weighted by molar-refractivity contribution is 5.86. The summed E-state index contributed by atoms with van der Waals surface area (Å²) in [7, 11) is 0. The van der Waals surface area contributed by atoms with Crippen LogP contribution in [0.5, 0.6) is 0 Å². The second-order valence-electron chi connectivity index (χ2n) is 8.73. The normalized spacial score (nSPS) is 21.9. The molecule has 7 nitrogen and oxygen atoms in total. The van der Waals surface area contributed by atoms with Crippen molar-refractivity contribution in [1.82, 2.24) is 15.1 Å². The van der Waals surface area contributed by atoms with Crippen molar-refractivity contribution < 1.29 is 19.4 Å². The molecule has 2 amide bonds. The number of carboxylic acid groups (broad SMARTS) is 1. The van der Waals surface area contributed by atoms with Crippen molar-refractivity contribution in [3.8, 4) is 0 Å². The van der Waals surface area contributed by atoms with Crippen molar-refractivity contribution >= 4 is 23.1 Å². The van der Waals surface area contributed by atoms with E-state index in [9.17, 15) is 9.59 Å². The van der Waals surface area contributed by atoms with Gasteiger partial charge in [-0.3, -0.25) is 4.68 Å². The fourth-order valence-electron chi connectivity index (χ4n) is 4.15. The minimum absolute atomic E-state index is 0.432. The Morgan fingerprint density at radius 2 is 2.00 bits per heavy atom. The van der Waals surface area contributed by atoms with Crippen molar-refractivity contribution in [2.45, 2.75) is 69.9 Å². The molecule has 0 unspecified atom stereocenters. The highest BCUT2D eigenvalue weighted by Gasteiger charge is 2.36. The number of carbonyl (C=O) groups excluding carboxylic acids is 1. The zero-order chi connectivity index (χ0) is 19.9. The first-order chi connectivity index (χ1) is 13.3. The van der Waals surface area contributed by atoms with Gasteiger partial charge in [-0.2, -0.15) is 5.10 Å². The molecule has 28 heavy (non-hydrogen) atoms. The smallest absolute Gasteiger partial charge is 0.417 e. The fraction of sp³-hybridized carbons (Fsp3) is 0.571. The van der Waals surface area contributed by atoms with Crippen molar-refractivity contribution in [3.63, 3.8) is 0 Å². The van der Waals surface area contributed by atoms with E-state index in [4.69, 9.17) is 14.9 Å². The first-order valence-corrected chi connectivity index (χ1v) is 10.0. The molecule has 7 heteroatoms. The van der Waals surface area contributed by atoms with Gasteiger partial charge in [0.05, 0.1) is 17.3 Å². The Labute approximate surface area is 164 Å². The average Bonchev–Trinajstić information content (AvgIpc) is 3.34. The number of carbonyl (C=O) groups is 2. The van der Waals surface area contributed by atoms with Gasteiger partial charge in [0.15, 0.2) is 0 Å². The maximum absolute atomic E-state index is 11.5. The zero-order valence-electron chi connectivity index (χ0n) is 16.4. The molecule has 0 bridgehead atoms. The number of alkyl carbamates (subject to hydrolysis) is 1. The van der Waals surface area contributed by atoms with Gasteiger partial charge in [-0.05, 0) is 64.4 Å². The van der Waals surface area contributed by atoms with Crippen LogP contribution in [0.2, 0.25) is 0 Å². The molecule has 0 radical (unpaired) electrons. The Morgan fingerprint density at radius 1 is 1.29 bits per heavy atom. The van der Waals surface area contributed by atoms with E-state index in [1.165, 1.54) is 29.4 Å². The number of fused-ring (bicyclic) bond motifs is 1. The third kappa shape index (κ3) is 3.98. The average molecular weight is 385 g/mol. The molecule has 0 spiro atoms. The molecule has 2 fully saturated rings. The van der Waals surface area contributed by atoms with Crippen LogP contribution in [-0.4, -0.2) is 32.7 Å². The number of hydrogen-bond acceptors (Lipinski definition) is 4. The molecular weight excluding hydrogens is 358 g/mol. The first kappa shape index (κ1) is 18.8. The molecule has 2 aliphatic rings. The third-order valence-electron chi connectivity index (χ3n) is 5.90. The van der Waals surface area contributed by atoms with Crippen molar-refractivity contribution in [3.05, 3.63) is 30.0 Å². The van der Waals surface area contributed by atoms with Gasteiger partial charge >= 0.3 is 12.2 Å². The molecule has 0 atom stereocenters. The molecule has 2 N–H and O–H groups in total. The standard InChI is InChI=1S/C21H27N3O4/c1-21(2,28-20(27)22-19(25)26)10-9-13-11-15(12-13)24-17-6-4-3-5-16(17)18(23-24)14-7-8-14/h3-6,13-15H,7-12H2,1-2H3,(H,22,27)(H,25,26)/t13-,15-. The number of amides is 2. The molecule has 0 saturated heterocycles. The van der Waals surface area contributed by atoms with Gasteiger partial charge in [0.2, 0.25) is 0 Å². The van der Waals surface area contributed by atoms with E-state index < -0.39 is 17.8 Å². The van der Waals surface area contributed by atoms with Crippen molar-refractivity contribution in [2.24, 2.45) is 5.92 Å². The van der Waals surface area contributed by atoms with Crippen LogP contribution in [0.15, 0.2) is 24.3 Å². The van der Waals surface area contributed by atoms with Crippen LogP contribution >= 0.6 is 0 Å². The predicted molar refractivity (Wildman–Crippen MR) is 104 cm³/mol. The van der Waals surface area contributed by atoms with Crippen LogP contribution in [-0.2, 0) is 4.74 Å². The molecular formula is C21H27N3O4. The Balaban J connectivity index is 1.32. The van der Waals surface area contributed by atoms with Gasteiger partial charge in [-0.1, -0.05) is 18.2 Å². The van der Waals surface area contributed by atoms with Crippen LogP contribution in [0.3, 0.4) is 0 Å². The number of ether oxygens (including phenoxy) is 1. The maximum atomic E-state index is 11.5. The summed E-state index contributed by atoms with van der Waals surface area (Å²) in [5.74, 6) is 1.21. The second-order valence-corrected chi connectivity index (χ2v) is 8.73. The molecule has 2 aromatic rings. The van der Waals surface area contributed by atoms with Crippen molar-refractivity contribution in [2.75, 3.05) is 0 Å². The number of aromatic nitrogens is 2. The predicted octanol–water partition coefficient (Wildman–Crippen LogP) is 4.83. The van der Waals surface area contributed by atoms with Gasteiger partial charge < -0.3 is 9.84 Å². The lowest BCUT2D eigenvalue weighted by Gasteiger charge is -2.37. The van der Waals surface area contributed by atoms with Crippen LogP contribution in [0.4, 0.5) is 9.59 Å². The Morgan fingerprint density at radius 3 is 2.68 bits per heavy atom. The van der Waals surface area contributed by atoms with E-state index in [-0.39, 0.29) is 0 Å². The molecule has 1 heterocycles. The van der Waals surface area contributed by atoms with Gasteiger partial charge in [0, 0.05) is 11.3 Å². The summed E-state index contributed by atoms with van der Waals surface area (Å²) in [6.45, 7) is 3.63. The second kappa shape index (κ2) is 7.11. The largest absolute Gasteiger partial charge is 0.465 e. The Kier molecular flexibility index (Phi) is 4.77. The van der Waals surface area contributed by atoms with Gasteiger partial charge in [0.1, 0.15) is 5.60 Å². The fourth-order valence-corrected chi connectivity index (χ4v) is 4.15. The van der Waals surface area contributed by atoms with Crippen LogP contribution in [0.25, 0.3) is 10.9 Å². The SMILES string of the molecule is CC(C)(CC[C@H]1C[C@H](n2nc(C3CC3)c3ccccc32)C1)OC(=O)NC(=O)O. The summed E-state index contributed by atoms with van der Waals surface area (Å²) < 4.78 is 7.45. The minimum atomic E-state index is -1.40. The third-order valence-corrected chi connectivity index (χ3v) is 5.90. The summed E-state index contributed by atoms with van der Waals surface area (Å²) in [5, 5.41) is 16.6. The summed E-state index contributed by atoms with van der Waals surface area (Å²) in [4.78, 5) is 22.0. The van der Waals surface area contributed by atoms with Gasteiger partial charge in [0.25, 0.3) is 0 Å². The highest BCUT2D eigenvalue weighted by atomic mass is 16.6. The number of imide groups is 1. The number of benzene rings is 1. The molecule has 2 aliphatic carbocycles. The number of rotatable bonds is 6. The summed E-state index contributed by atoms with van der Waals surface area (Å²) in [6, 6.07) is 8.95. The van der Waals surface area contributed by atoms with Gasteiger partial charge in [-0.25, -0.2) is 14.9 Å². The van der Waals surface area contributed by atoms with Gasteiger partial charge in [-0.15, -0.1) is 0 Å². The minimum Gasteiger partial charge on any atom is -0.465 e. The quantitative estimate of drug-likeness (QED) is 0.743. The molecule has 4 rings (SSSR count). The number of nitrogens with zero attached hydrogens (tertiary/aromatic N) is 2. The van der Waals surface area contributed by atoms with E-state index in [1.54, 1.807) is 5.32 Å². The summed E-state index contributed by atoms with van der Waals surface area (Å²) >= 11 is 0. The maximum Gasteiger partial charge on any atom is 0.417 e. The monoisotopic (exact) mass is 385 g/mol. The number of nitrogens with one attached hydrogen (secondary N) is 1. The molecule has 2 saturated carbocycles. The van der Waals surface area contributed by atoms with E-state index in [0.717, 1.165) is 19.3 Å². The van der Waals surface area contributed by atoms with Crippen LogP contribution < -0.4 is 5.32 Å². The van der Waals surface area contributed by atoms with E-state index in [1.807, 2.05) is 13.8 Å². The van der Waals surface area contributed by atoms with Crippen LogP contribution in [0.1, 0.15) is 70.0 Å². The Bertz CT molecular complexity index is 894. The van der Waals surface area contributed by atoms with E-state index in [0.29, 0.717) is 24.3 Å². The lowest BCUT2D eigenvalue weighted by molar-refractivity contribution is 0.0225. The molecule has 150 valence electrons. The molecule has 0 aliphatic heterocycles. The number of hydrogen-bond donors (Lipinski definition) is 2. The number of para-hydroxylation sites is 1. The Hall–Kier alpha value is -2.57. The lowest BCUT2D eigenvalue weighted by atomic mass is 9.76. The lowest BCUT2D eigenvalue weighted by Crippen LogP contribution is -2.38. The zero-order valence-corrected chi connectivity index (χ0v) is 16.4. The topological polar surface area (TPSA) is 93.5 Å². The molecule has 1 aromatic carbocycles. The molecule has 1 aromatic heterocycles. The van der Waals surface area contributed by atoms with Crippen LogP contribution in [0, 0.1) is 5.92 Å². The van der Waals surface area contributed by atoms with E-state index in [2.05, 4.69) is 28.9 Å². The first-order valence-electron chi connectivity index (χ1n) is 10.0. The highest BCUT2D eigenvalue weighted by Crippen LogP contribution is 2.46. The summed E-state index contributed by atoms with van der Waals surface area (Å²) in [5.41, 5.74) is 1.81.